The molecule has 0 radical (unpaired) electrons. The zero-order chi connectivity index (χ0) is 11.5. The minimum absolute atomic E-state index is 0.0312. The predicted octanol–water partition coefficient (Wildman–Crippen LogP) is 1.53. The van der Waals surface area contributed by atoms with Gasteiger partial charge in [-0.05, 0) is 0 Å². The van der Waals surface area contributed by atoms with Gasteiger partial charge in [0.1, 0.15) is 6.42 Å². The summed E-state index contributed by atoms with van der Waals surface area (Å²) in [7, 11) is 0. The van der Waals surface area contributed by atoms with Gasteiger partial charge in [0.15, 0.2) is 11.5 Å². The molecule has 0 saturated carbocycles. The molecular formula is C11H8O5. The van der Waals surface area contributed by atoms with Gasteiger partial charge in [-0.15, -0.1) is 0 Å². The molecule has 0 saturated heterocycles. The number of carbonyl (C=O) groups is 1. The average molecular weight is 220 g/mol. The van der Waals surface area contributed by atoms with E-state index in [-0.39, 0.29) is 17.9 Å². The number of benzene rings is 1. The maximum absolute atomic E-state index is 10.9. The van der Waals surface area contributed by atoms with E-state index in [9.17, 15) is 9.59 Å². The Bertz CT molecular complexity index is 549. The van der Waals surface area contributed by atoms with E-state index >= 15 is 0 Å². The van der Waals surface area contributed by atoms with E-state index in [0.29, 0.717) is 5.56 Å². The van der Waals surface area contributed by atoms with Crippen LogP contribution < -0.4 is 5.82 Å². The van der Waals surface area contributed by atoms with Crippen molar-refractivity contribution in [1.29, 1.82) is 0 Å². The zero-order valence-corrected chi connectivity index (χ0v) is 8.17. The summed E-state index contributed by atoms with van der Waals surface area (Å²) >= 11 is 0. The first-order valence-electron chi connectivity index (χ1n) is 4.57. The van der Waals surface area contributed by atoms with Crippen LogP contribution in [-0.4, -0.2) is 11.1 Å². The van der Waals surface area contributed by atoms with Gasteiger partial charge in [-0.25, -0.2) is 4.79 Å². The first-order valence-corrected chi connectivity index (χ1v) is 4.57. The summed E-state index contributed by atoms with van der Waals surface area (Å²) in [6.45, 7) is 0. The largest absolute Gasteiger partial charge is 0.519 e. The van der Waals surface area contributed by atoms with Crippen molar-refractivity contribution in [3.05, 3.63) is 46.7 Å². The molecule has 0 atom stereocenters. The Labute approximate surface area is 89.9 Å². The van der Waals surface area contributed by atoms with Crippen molar-refractivity contribution in [3.8, 4) is 11.3 Å². The molecule has 0 aliphatic carbocycles. The number of hydrogen-bond donors (Lipinski definition) is 1. The third kappa shape index (κ3) is 2.03. The van der Waals surface area contributed by atoms with Gasteiger partial charge in [-0.1, -0.05) is 30.3 Å². The first-order chi connectivity index (χ1) is 7.66. The Balaban J connectivity index is 2.48. The molecule has 0 fully saturated rings. The molecule has 82 valence electrons. The Morgan fingerprint density at radius 1 is 1.19 bits per heavy atom. The zero-order valence-electron chi connectivity index (χ0n) is 8.17. The van der Waals surface area contributed by atoms with Crippen molar-refractivity contribution in [3.63, 3.8) is 0 Å². The average Bonchev–Trinajstić information content (AvgIpc) is 2.60. The number of carboxylic acid groups (broad SMARTS) is 1. The number of hydrogen-bond acceptors (Lipinski definition) is 4. The lowest BCUT2D eigenvalue weighted by atomic mass is 10.1. The van der Waals surface area contributed by atoms with Gasteiger partial charge in [0.2, 0.25) is 0 Å². The quantitative estimate of drug-likeness (QED) is 0.848. The molecule has 0 bridgehead atoms. The molecule has 16 heavy (non-hydrogen) atoms. The molecule has 2 rings (SSSR count). The Kier molecular flexibility index (Phi) is 2.59. The highest BCUT2D eigenvalue weighted by atomic mass is 16.6. The lowest BCUT2D eigenvalue weighted by molar-refractivity contribution is -0.136. The van der Waals surface area contributed by atoms with Gasteiger partial charge in [0.05, 0.1) is 0 Å². The summed E-state index contributed by atoms with van der Waals surface area (Å²) in [6, 6.07) is 8.73. The molecule has 1 aromatic carbocycles. The summed E-state index contributed by atoms with van der Waals surface area (Å²) in [5.74, 6) is -1.77. The smallest absolute Gasteiger partial charge is 0.481 e. The predicted molar refractivity (Wildman–Crippen MR) is 54.0 cm³/mol. The van der Waals surface area contributed by atoms with Crippen molar-refractivity contribution < 1.29 is 18.7 Å². The molecule has 2 aromatic rings. The van der Waals surface area contributed by atoms with Crippen LogP contribution in [0.4, 0.5) is 0 Å². The topological polar surface area (TPSA) is 80.6 Å². The van der Waals surface area contributed by atoms with Crippen molar-refractivity contribution in [2.75, 3.05) is 0 Å². The normalized spacial score (nSPS) is 10.2. The SMILES string of the molecule is O=C(O)Cc1oc(=O)oc1-c1ccccc1. The maximum atomic E-state index is 10.9. The van der Waals surface area contributed by atoms with Crippen LogP contribution in [0.5, 0.6) is 0 Å². The monoisotopic (exact) mass is 220 g/mol. The molecule has 1 N–H and O–H groups in total. The van der Waals surface area contributed by atoms with Crippen LogP contribution in [0, 0.1) is 0 Å². The lowest BCUT2D eigenvalue weighted by Crippen LogP contribution is -2.00. The van der Waals surface area contributed by atoms with E-state index < -0.39 is 11.8 Å². The Morgan fingerprint density at radius 3 is 2.50 bits per heavy atom. The second kappa shape index (κ2) is 4.06. The van der Waals surface area contributed by atoms with E-state index in [1.807, 2.05) is 0 Å². The highest BCUT2D eigenvalue weighted by Gasteiger charge is 2.17. The first kappa shape index (κ1) is 10.2. The van der Waals surface area contributed by atoms with Crippen LogP contribution in [0.3, 0.4) is 0 Å². The molecule has 0 aliphatic heterocycles. The second-order valence-corrected chi connectivity index (χ2v) is 3.14. The fourth-order valence-corrected chi connectivity index (χ4v) is 1.37. The highest BCUT2D eigenvalue weighted by Crippen LogP contribution is 2.22. The molecule has 5 heteroatoms. The molecule has 0 unspecified atom stereocenters. The molecule has 0 spiro atoms. The molecule has 0 amide bonds. The van der Waals surface area contributed by atoms with E-state index in [1.54, 1.807) is 30.3 Å². The van der Waals surface area contributed by atoms with Crippen LogP contribution in [0.1, 0.15) is 5.76 Å². The fraction of sp³-hybridized carbons (Fsp3) is 0.0909. The lowest BCUT2D eigenvalue weighted by Gasteiger charge is -1.96. The van der Waals surface area contributed by atoms with Gasteiger partial charge in [-0.3, -0.25) is 4.79 Å². The molecule has 1 heterocycles. The van der Waals surface area contributed by atoms with Gasteiger partial charge in [-0.2, -0.15) is 0 Å². The maximum Gasteiger partial charge on any atom is 0.519 e. The summed E-state index contributed by atoms with van der Waals surface area (Å²) in [5.41, 5.74) is 0.615. The van der Waals surface area contributed by atoms with Crippen LogP contribution in [0.2, 0.25) is 0 Å². The molecular weight excluding hydrogens is 212 g/mol. The number of rotatable bonds is 3. The summed E-state index contributed by atoms with van der Waals surface area (Å²) in [5, 5.41) is 8.64. The summed E-state index contributed by atoms with van der Waals surface area (Å²) in [6.07, 6.45) is -0.379. The van der Waals surface area contributed by atoms with E-state index in [4.69, 9.17) is 9.52 Å². The third-order valence-corrected chi connectivity index (χ3v) is 1.99. The van der Waals surface area contributed by atoms with Crippen LogP contribution in [-0.2, 0) is 11.2 Å². The minimum Gasteiger partial charge on any atom is -0.481 e. The highest BCUT2D eigenvalue weighted by molar-refractivity contribution is 5.72. The third-order valence-electron chi connectivity index (χ3n) is 1.99. The van der Waals surface area contributed by atoms with Crippen LogP contribution >= 0.6 is 0 Å². The van der Waals surface area contributed by atoms with Gasteiger partial charge in [0, 0.05) is 5.56 Å². The van der Waals surface area contributed by atoms with Crippen molar-refractivity contribution in [2.24, 2.45) is 0 Å². The van der Waals surface area contributed by atoms with Crippen LogP contribution in [0.15, 0.2) is 44.0 Å². The van der Waals surface area contributed by atoms with E-state index in [2.05, 4.69) is 4.42 Å². The molecule has 1 aromatic heterocycles. The van der Waals surface area contributed by atoms with Crippen molar-refractivity contribution in [2.45, 2.75) is 6.42 Å². The summed E-state index contributed by atoms with van der Waals surface area (Å²) in [4.78, 5) is 21.5. The van der Waals surface area contributed by atoms with Crippen molar-refractivity contribution in [1.82, 2.24) is 0 Å². The van der Waals surface area contributed by atoms with Gasteiger partial charge in [0.25, 0.3) is 0 Å². The van der Waals surface area contributed by atoms with Crippen molar-refractivity contribution >= 4 is 5.97 Å². The van der Waals surface area contributed by atoms with E-state index in [1.165, 1.54) is 0 Å². The fourth-order valence-electron chi connectivity index (χ4n) is 1.37. The number of aliphatic carboxylic acids is 1. The second-order valence-electron chi connectivity index (χ2n) is 3.14. The molecule has 5 nitrogen and oxygen atoms in total. The van der Waals surface area contributed by atoms with Gasteiger partial charge >= 0.3 is 11.8 Å². The van der Waals surface area contributed by atoms with Crippen LogP contribution in [0.25, 0.3) is 11.3 Å². The minimum atomic E-state index is -1.08. The van der Waals surface area contributed by atoms with Gasteiger partial charge < -0.3 is 13.9 Å². The Hall–Kier alpha value is -2.30. The standard InChI is InChI=1S/C11H8O5/c12-9(13)6-8-10(16-11(14)15-8)7-4-2-1-3-5-7/h1-5H,6H2,(H,12,13). The van der Waals surface area contributed by atoms with E-state index in [0.717, 1.165) is 0 Å². The summed E-state index contributed by atoms with van der Waals surface area (Å²) < 4.78 is 9.49. The Morgan fingerprint density at radius 2 is 1.88 bits per heavy atom. The molecule has 0 aliphatic rings. The number of carboxylic acids is 1.